The molecule has 0 aliphatic carbocycles. The molecule has 0 saturated carbocycles. The largest absolute Gasteiger partial charge is 0.481 e. The summed E-state index contributed by atoms with van der Waals surface area (Å²) in [6, 6.07) is 12.7. The number of aryl methyl sites for hydroxylation is 3. The number of ether oxygens (including phenoxy) is 1. The van der Waals surface area contributed by atoms with Gasteiger partial charge in [0.05, 0.1) is 4.90 Å². The van der Waals surface area contributed by atoms with Gasteiger partial charge in [-0.2, -0.15) is 4.31 Å². The van der Waals surface area contributed by atoms with Gasteiger partial charge in [-0.25, -0.2) is 8.42 Å². The Bertz CT molecular complexity index is 994. The monoisotopic (exact) mass is 430 g/mol. The molecule has 3 rings (SSSR count). The average Bonchev–Trinajstić information content (AvgIpc) is 2.74. The lowest BCUT2D eigenvalue weighted by atomic mass is 10.1. The van der Waals surface area contributed by atoms with Gasteiger partial charge in [0.1, 0.15) is 5.75 Å². The van der Waals surface area contributed by atoms with E-state index in [1.54, 1.807) is 29.2 Å². The van der Waals surface area contributed by atoms with Crippen LogP contribution in [0.3, 0.4) is 0 Å². The van der Waals surface area contributed by atoms with Crippen LogP contribution < -0.4 is 4.74 Å². The molecule has 1 amide bonds. The normalized spacial score (nSPS) is 16.3. The Morgan fingerprint density at radius 2 is 1.60 bits per heavy atom. The number of hydrogen-bond donors (Lipinski definition) is 0. The highest BCUT2D eigenvalue weighted by Crippen LogP contribution is 2.21. The van der Waals surface area contributed by atoms with E-state index in [2.05, 4.69) is 0 Å². The zero-order chi connectivity index (χ0) is 21.9. The molecular weight excluding hydrogens is 400 g/mol. The number of hydrogen-bond acceptors (Lipinski definition) is 4. The summed E-state index contributed by atoms with van der Waals surface area (Å²) in [6.07, 6.45) is -0.0273. The molecule has 0 spiro atoms. The van der Waals surface area contributed by atoms with E-state index in [9.17, 15) is 13.2 Å². The molecule has 0 N–H and O–H groups in total. The maximum Gasteiger partial charge on any atom is 0.263 e. The molecule has 1 aliphatic heterocycles. The summed E-state index contributed by atoms with van der Waals surface area (Å²) in [5.41, 5.74) is 3.30. The molecule has 0 radical (unpaired) electrons. The lowest BCUT2D eigenvalue weighted by molar-refractivity contribution is -0.140. The molecule has 2 aromatic carbocycles. The molecule has 0 unspecified atom stereocenters. The number of benzene rings is 2. The van der Waals surface area contributed by atoms with Crippen LogP contribution in [0.4, 0.5) is 0 Å². The van der Waals surface area contributed by atoms with E-state index in [1.807, 2.05) is 45.9 Å². The molecule has 1 heterocycles. The lowest BCUT2D eigenvalue weighted by Gasteiger charge is -2.35. The predicted molar refractivity (Wildman–Crippen MR) is 117 cm³/mol. The zero-order valence-electron chi connectivity index (χ0n) is 18.1. The van der Waals surface area contributed by atoms with E-state index in [-0.39, 0.29) is 23.9 Å². The molecule has 1 saturated heterocycles. The van der Waals surface area contributed by atoms with Gasteiger partial charge in [-0.3, -0.25) is 4.79 Å². The van der Waals surface area contributed by atoms with Crippen LogP contribution in [0.2, 0.25) is 0 Å². The van der Waals surface area contributed by atoms with Crippen LogP contribution in [-0.4, -0.2) is 55.8 Å². The molecule has 1 fully saturated rings. The van der Waals surface area contributed by atoms with Gasteiger partial charge >= 0.3 is 0 Å². The first-order valence-corrected chi connectivity index (χ1v) is 11.8. The fourth-order valence-corrected chi connectivity index (χ4v) is 4.89. The number of carbonyl (C=O) groups excluding carboxylic acids is 1. The molecule has 0 bridgehead atoms. The van der Waals surface area contributed by atoms with Crippen molar-refractivity contribution in [1.29, 1.82) is 0 Å². The second-order valence-corrected chi connectivity index (χ2v) is 9.74. The van der Waals surface area contributed by atoms with Crippen LogP contribution in [-0.2, 0) is 14.8 Å². The van der Waals surface area contributed by atoms with Gasteiger partial charge in [-0.1, -0.05) is 30.7 Å². The number of sulfonamides is 1. The van der Waals surface area contributed by atoms with Crippen molar-refractivity contribution in [3.8, 4) is 5.75 Å². The Hall–Kier alpha value is -2.38. The minimum atomic E-state index is -3.55. The average molecular weight is 431 g/mol. The highest BCUT2D eigenvalue weighted by atomic mass is 32.2. The van der Waals surface area contributed by atoms with Crippen molar-refractivity contribution in [3.63, 3.8) is 0 Å². The maximum atomic E-state index is 13.0. The minimum absolute atomic E-state index is 0.0943. The third-order valence-corrected chi connectivity index (χ3v) is 7.52. The Morgan fingerprint density at radius 3 is 2.17 bits per heavy atom. The summed E-state index contributed by atoms with van der Waals surface area (Å²) >= 11 is 0. The van der Waals surface area contributed by atoms with Crippen molar-refractivity contribution in [3.05, 3.63) is 59.2 Å². The Labute approximate surface area is 179 Å². The van der Waals surface area contributed by atoms with Crippen molar-refractivity contribution in [1.82, 2.24) is 9.21 Å². The van der Waals surface area contributed by atoms with Crippen LogP contribution in [0, 0.1) is 20.8 Å². The van der Waals surface area contributed by atoms with Crippen molar-refractivity contribution < 1.29 is 17.9 Å². The maximum absolute atomic E-state index is 13.0. The second kappa shape index (κ2) is 9.18. The highest BCUT2D eigenvalue weighted by molar-refractivity contribution is 7.89. The Morgan fingerprint density at radius 1 is 0.967 bits per heavy atom. The minimum Gasteiger partial charge on any atom is -0.481 e. The second-order valence-electron chi connectivity index (χ2n) is 7.80. The summed E-state index contributed by atoms with van der Waals surface area (Å²) < 4.78 is 33.1. The van der Waals surface area contributed by atoms with Gasteiger partial charge in [0.2, 0.25) is 10.0 Å². The summed E-state index contributed by atoms with van der Waals surface area (Å²) in [5.74, 6) is 0.585. The number of carbonyl (C=O) groups is 1. The zero-order valence-corrected chi connectivity index (χ0v) is 18.9. The topological polar surface area (TPSA) is 66.9 Å². The third-order valence-electron chi connectivity index (χ3n) is 5.61. The summed E-state index contributed by atoms with van der Waals surface area (Å²) in [4.78, 5) is 15.0. The van der Waals surface area contributed by atoms with E-state index in [1.165, 1.54) is 9.87 Å². The van der Waals surface area contributed by atoms with Crippen molar-refractivity contribution in [2.75, 3.05) is 26.2 Å². The van der Waals surface area contributed by atoms with Crippen LogP contribution >= 0.6 is 0 Å². The summed E-state index contributed by atoms with van der Waals surface area (Å²) in [6.45, 7) is 9.16. The lowest BCUT2D eigenvalue weighted by Crippen LogP contribution is -2.53. The van der Waals surface area contributed by atoms with Crippen molar-refractivity contribution in [2.24, 2.45) is 0 Å². The summed E-state index contributed by atoms with van der Waals surface area (Å²) in [5, 5.41) is 0. The fourth-order valence-electron chi connectivity index (χ4n) is 3.47. The van der Waals surface area contributed by atoms with Gasteiger partial charge < -0.3 is 9.64 Å². The molecule has 2 aromatic rings. The highest BCUT2D eigenvalue weighted by Gasteiger charge is 2.32. The Kier molecular flexibility index (Phi) is 6.83. The number of rotatable bonds is 6. The molecule has 1 aliphatic rings. The first-order chi connectivity index (χ1) is 14.2. The molecule has 162 valence electrons. The van der Waals surface area contributed by atoms with Crippen LogP contribution in [0.25, 0.3) is 0 Å². The van der Waals surface area contributed by atoms with E-state index in [0.717, 1.165) is 11.1 Å². The first kappa shape index (κ1) is 22.3. The Balaban J connectivity index is 1.63. The SMILES string of the molecule is CC[C@@H](Oc1ccc(C)c(C)c1)C(=O)N1CCN(S(=O)(=O)c2ccc(C)cc2)CC1. The smallest absolute Gasteiger partial charge is 0.263 e. The van der Waals surface area contributed by atoms with Gasteiger partial charge in [0.25, 0.3) is 5.91 Å². The number of nitrogens with zero attached hydrogens (tertiary/aromatic N) is 2. The summed E-state index contributed by atoms with van der Waals surface area (Å²) in [7, 11) is -3.55. The van der Waals surface area contributed by atoms with E-state index < -0.39 is 16.1 Å². The van der Waals surface area contributed by atoms with E-state index in [0.29, 0.717) is 25.3 Å². The third kappa shape index (κ3) is 4.84. The molecular formula is C23H30N2O4S. The predicted octanol–water partition coefficient (Wildman–Crippen LogP) is 3.30. The van der Waals surface area contributed by atoms with Crippen molar-refractivity contribution >= 4 is 15.9 Å². The first-order valence-electron chi connectivity index (χ1n) is 10.3. The molecule has 1 atom stereocenters. The quantitative estimate of drug-likeness (QED) is 0.705. The fraction of sp³-hybridized carbons (Fsp3) is 0.435. The molecule has 0 aromatic heterocycles. The van der Waals surface area contributed by atoms with Gasteiger partial charge in [0, 0.05) is 26.2 Å². The van der Waals surface area contributed by atoms with Crippen LogP contribution in [0.5, 0.6) is 5.75 Å². The number of amides is 1. The standard InChI is InChI=1S/C23H30N2O4S/c1-5-22(29-20-9-8-18(3)19(4)16-20)23(26)24-12-14-25(15-13-24)30(27,28)21-10-6-17(2)7-11-21/h6-11,16,22H,5,12-15H2,1-4H3/t22-/m1/s1. The number of piperazine rings is 1. The van der Waals surface area contributed by atoms with Crippen LogP contribution in [0.15, 0.2) is 47.4 Å². The van der Waals surface area contributed by atoms with Crippen molar-refractivity contribution in [2.45, 2.75) is 45.1 Å². The van der Waals surface area contributed by atoms with Gasteiger partial charge in [-0.15, -0.1) is 0 Å². The van der Waals surface area contributed by atoms with E-state index in [4.69, 9.17) is 4.74 Å². The molecule has 7 heteroatoms. The molecule has 30 heavy (non-hydrogen) atoms. The van der Waals surface area contributed by atoms with Gasteiger partial charge in [-0.05, 0) is 62.6 Å². The van der Waals surface area contributed by atoms with Gasteiger partial charge in [0.15, 0.2) is 6.10 Å². The van der Waals surface area contributed by atoms with Crippen LogP contribution in [0.1, 0.15) is 30.0 Å². The van der Waals surface area contributed by atoms with E-state index >= 15 is 0 Å². The molecule has 6 nitrogen and oxygen atoms in total.